The van der Waals surface area contributed by atoms with Crippen LogP contribution in [0.5, 0.6) is 0 Å². The number of hydrogen-bond acceptors (Lipinski definition) is 3. The lowest BCUT2D eigenvalue weighted by Crippen LogP contribution is -2.49. The van der Waals surface area contributed by atoms with E-state index in [1.54, 1.807) is 0 Å². The number of carbonyl (C=O) groups is 2. The van der Waals surface area contributed by atoms with Gasteiger partial charge in [-0.15, -0.1) is 0 Å². The molecule has 4 heteroatoms. The number of carbonyl (C=O) groups excluding carboxylic acids is 1. The van der Waals surface area contributed by atoms with Crippen molar-refractivity contribution in [3.05, 3.63) is 22.8 Å². The maximum Gasteiger partial charge on any atom is 0.331 e. The summed E-state index contributed by atoms with van der Waals surface area (Å²) in [6, 6.07) is 0. The minimum atomic E-state index is -0.852. The Balaban J connectivity index is 1.69. The summed E-state index contributed by atoms with van der Waals surface area (Å²) >= 11 is 0. The van der Waals surface area contributed by atoms with Crippen LogP contribution in [0.15, 0.2) is 22.8 Å². The van der Waals surface area contributed by atoms with Gasteiger partial charge in [0.1, 0.15) is 0 Å². The molecule has 0 heterocycles. The number of ketones is 1. The second-order valence-corrected chi connectivity index (χ2v) is 9.70. The lowest BCUT2D eigenvalue weighted by atomic mass is 9.47. The van der Waals surface area contributed by atoms with Crippen molar-refractivity contribution < 1.29 is 19.8 Å². The SMILES string of the molecule is C[C@]12CCC(=O)C=C1CC[C@@H]1[C@@H]2CC[C@]2(C)C(=C(CCO)C(=O)O)CC[C@@H]12. The van der Waals surface area contributed by atoms with Crippen LogP contribution in [0.1, 0.15) is 71.6 Å². The van der Waals surface area contributed by atoms with Gasteiger partial charge in [-0.1, -0.05) is 25.0 Å². The predicted octanol–water partition coefficient (Wildman–Crippen LogP) is 4.28. The van der Waals surface area contributed by atoms with E-state index >= 15 is 0 Å². The van der Waals surface area contributed by atoms with E-state index in [0.717, 1.165) is 50.5 Å². The molecule has 0 saturated heterocycles. The van der Waals surface area contributed by atoms with Crippen LogP contribution in [-0.4, -0.2) is 28.6 Å². The normalized spacial score (nSPS) is 42.7. The minimum Gasteiger partial charge on any atom is -0.478 e. The molecule has 3 fully saturated rings. The van der Waals surface area contributed by atoms with Crippen molar-refractivity contribution in [3.8, 4) is 0 Å². The lowest BCUT2D eigenvalue weighted by Gasteiger charge is -2.57. The highest BCUT2D eigenvalue weighted by molar-refractivity contribution is 5.91. The highest BCUT2D eigenvalue weighted by Crippen LogP contribution is 2.66. The molecule has 0 aliphatic heterocycles. The number of aliphatic hydroxyl groups excluding tert-OH is 1. The summed E-state index contributed by atoms with van der Waals surface area (Å²) in [7, 11) is 0. The Hall–Kier alpha value is -1.42. The quantitative estimate of drug-likeness (QED) is 0.725. The average molecular weight is 373 g/mol. The van der Waals surface area contributed by atoms with Gasteiger partial charge in [-0.25, -0.2) is 4.79 Å². The zero-order chi connectivity index (χ0) is 19.4. The molecule has 0 amide bonds. The number of carboxylic acid groups (broad SMARTS) is 1. The first-order valence-corrected chi connectivity index (χ1v) is 10.6. The summed E-state index contributed by atoms with van der Waals surface area (Å²) < 4.78 is 0. The van der Waals surface area contributed by atoms with Crippen molar-refractivity contribution in [2.75, 3.05) is 6.61 Å². The van der Waals surface area contributed by atoms with E-state index in [1.165, 1.54) is 5.57 Å². The molecule has 2 N–H and O–H groups in total. The Morgan fingerprint density at radius 2 is 1.81 bits per heavy atom. The van der Waals surface area contributed by atoms with E-state index in [2.05, 4.69) is 13.8 Å². The molecule has 0 bridgehead atoms. The van der Waals surface area contributed by atoms with Crippen LogP contribution in [0.2, 0.25) is 0 Å². The first-order valence-electron chi connectivity index (χ1n) is 10.6. The standard InChI is InChI=1S/C23H32O4/c1-22-10-7-15(25)13-14(22)3-4-16-18-5-6-19(17(9-12-24)21(26)27)23(18,2)11-8-20(16)22/h13,16,18,20,24H,3-12H2,1-2H3,(H,26,27)/t16-,18-,20-,22-,23-/m0/s1. The fourth-order valence-electron chi connectivity index (χ4n) is 7.37. The van der Waals surface area contributed by atoms with Crippen molar-refractivity contribution in [2.24, 2.45) is 28.6 Å². The Morgan fingerprint density at radius 3 is 2.52 bits per heavy atom. The molecule has 4 nitrogen and oxygen atoms in total. The van der Waals surface area contributed by atoms with E-state index in [9.17, 15) is 19.8 Å². The summed E-state index contributed by atoms with van der Waals surface area (Å²) in [6.45, 7) is 4.57. The summed E-state index contributed by atoms with van der Waals surface area (Å²) in [5, 5.41) is 19.1. The van der Waals surface area contributed by atoms with Crippen LogP contribution in [0, 0.1) is 28.6 Å². The number of fused-ring (bicyclic) bond motifs is 5. The van der Waals surface area contributed by atoms with Gasteiger partial charge in [0, 0.05) is 25.0 Å². The van der Waals surface area contributed by atoms with Crippen molar-refractivity contribution in [1.29, 1.82) is 0 Å². The molecule has 4 rings (SSSR count). The van der Waals surface area contributed by atoms with E-state index in [-0.39, 0.29) is 23.9 Å². The fourth-order valence-corrected chi connectivity index (χ4v) is 7.37. The molecule has 148 valence electrons. The van der Waals surface area contributed by atoms with Crippen molar-refractivity contribution >= 4 is 11.8 Å². The van der Waals surface area contributed by atoms with Gasteiger partial charge in [0.2, 0.25) is 0 Å². The van der Waals surface area contributed by atoms with Gasteiger partial charge >= 0.3 is 5.97 Å². The third-order valence-corrected chi connectivity index (χ3v) is 8.73. The Labute approximate surface area is 161 Å². The molecular weight excluding hydrogens is 340 g/mol. The van der Waals surface area contributed by atoms with Crippen LogP contribution in [0.25, 0.3) is 0 Å². The molecule has 0 unspecified atom stereocenters. The number of allylic oxidation sites excluding steroid dienone is 2. The molecule has 0 aromatic carbocycles. The zero-order valence-electron chi connectivity index (χ0n) is 16.6. The molecular formula is C23H32O4. The molecule has 27 heavy (non-hydrogen) atoms. The Morgan fingerprint density at radius 1 is 1.07 bits per heavy atom. The molecule has 4 aliphatic carbocycles. The zero-order valence-corrected chi connectivity index (χ0v) is 16.6. The highest BCUT2D eigenvalue weighted by atomic mass is 16.4. The smallest absolute Gasteiger partial charge is 0.331 e. The third kappa shape index (κ3) is 2.74. The second-order valence-electron chi connectivity index (χ2n) is 9.70. The molecule has 0 spiro atoms. The predicted molar refractivity (Wildman–Crippen MR) is 103 cm³/mol. The van der Waals surface area contributed by atoms with E-state index in [4.69, 9.17) is 0 Å². The molecule has 3 saturated carbocycles. The van der Waals surface area contributed by atoms with E-state index in [0.29, 0.717) is 35.5 Å². The number of aliphatic carboxylic acids is 1. The third-order valence-electron chi connectivity index (χ3n) is 8.73. The largest absolute Gasteiger partial charge is 0.478 e. The average Bonchev–Trinajstić information content (AvgIpc) is 2.97. The van der Waals surface area contributed by atoms with Gasteiger partial charge in [0.15, 0.2) is 5.78 Å². The number of hydrogen-bond donors (Lipinski definition) is 2. The number of rotatable bonds is 3. The van der Waals surface area contributed by atoms with Crippen LogP contribution in [0.3, 0.4) is 0 Å². The summed E-state index contributed by atoms with van der Waals surface area (Å²) in [5.41, 5.74) is 3.07. The van der Waals surface area contributed by atoms with Crippen LogP contribution < -0.4 is 0 Å². The van der Waals surface area contributed by atoms with Crippen LogP contribution >= 0.6 is 0 Å². The topological polar surface area (TPSA) is 74.6 Å². The van der Waals surface area contributed by atoms with Crippen LogP contribution in [-0.2, 0) is 9.59 Å². The van der Waals surface area contributed by atoms with Crippen LogP contribution in [0.4, 0.5) is 0 Å². The molecule has 0 radical (unpaired) electrons. The monoisotopic (exact) mass is 372 g/mol. The first-order chi connectivity index (χ1) is 12.8. The van der Waals surface area contributed by atoms with Crippen molar-refractivity contribution in [1.82, 2.24) is 0 Å². The van der Waals surface area contributed by atoms with Crippen molar-refractivity contribution in [3.63, 3.8) is 0 Å². The molecule has 0 aromatic heterocycles. The maximum absolute atomic E-state index is 11.9. The summed E-state index contributed by atoms with van der Waals surface area (Å²) in [6.07, 6.45) is 10.1. The maximum atomic E-state index is 11.9. The van der Waals surface area contributed by atoms with Gasteiger partial charge in [0.25, 0.3) is 0 Å². The Bertz CT molecular complexity index is 733. The van der Waals surface area contributed by atoms with E-state index < -0.39 is 5.97 Å². The molecule has 5 atom stereocenters. The Kier molecular flexibility index (Phi) is 4.61. The van der Waals surface area contributed by atoms with Gasteiger partial charge < -0.3 is 10.2 Å². The van der Waals surface area contributed by atoms with Gasteiger partial charge in [-0.3, -0.25) is 4.79 Å². The van der Waals surface area contributed by atoms with Gasteiger partial charge in [-0.05, 0) is 79.6 Å². The molecule has 0 aromatic rings. The molecule has 4 aliphatic rings. The minimum absolute atomic E-state index is 0.0356. The van der Waals surface area contributed by atoms with Crippen molar-refractivity contribution in [2.45, 2.75) is 71.6 Å². The lowest BCUT2D eigenvalue weighted by molar-refractivity contribution is -0.133. The summed E-state index contributed by atoms with van der Waals surface area (Å²) in [5.74, 6) is 1.22. The van der Waals surface area contributed by atoms with Gasteiger partial charge in [0.05, 0.1) is 0 Å². The second kappa shape index (κ2) is 6.58. The number of aliphatic hydroxyl groups is 1. The highest BCUT2D eigenvalue weighted by Gasteiger charge is 2.58. The first kappa shape index (κ1) is 18.9. The number of carboxylic acids is 1. The summed E-state index contributed by atoms with van der Waals surface area (Å²) in [4.78, 5) is 23.8. The van der Waals surface area contributed by atoms with E-state index in [1.807, 2.05) is 6.08 Å². The fraction of sp³-hybridized carbons (Fsp3) is 0.739. The van der Waals surface area contributed by atoms with Gasteiger partial charge in [-0.2, -0.15) is 0 Å².